The summed E-state index contributed by atoms with van der Waals surface area (Å²) in [5.74, 6) is -6.60. The van der Waals surface area contributed by atoms with Gasteiger partial charge in [0.2, 0.25) is 19.2 Å². The van der Waals surface area contributed by atoms with Gasteiger partial charge in [-0.1, -0.05) is 0 Å². The number of benzene rings is 1. The highest BCUT2D eigenvalue weighted by molar-refractivity contribution is 7.59. The Morgan fingerprint density at radius 3 is 2.33 bits per heavy atom. The largest absolute Gasteiger partial charge is 0.462 e. The molecular weight excluding hydrogens is 597 g/mol. The van der Waals surface area contributed by atoms with E-state index in [1.807, 2.05) is 0 Å². The number of amides is 1. The van der Waals surface area contributed by atoms with Crippen LogP contribution in [0.2, 0.25) is 0 Å². The van der Waals surface area contributed by atoms with Crippen LogP contribution in [-0.2, 0) is 49.3 Å². The van der Waals surface area contributed by atoms with Crippen LogP contribution in [0.15, 0.2) is 12.1 Å². The third kappa shape index (κ3) is 8.52. The second-order valence-electron chi connectivity index (χ2n) is 9.99. The third-order valence-corrected chi connectivity index (χ3v) is 8.35. The molecule has 1 aliphatic rings. The summed E-state index contributed by atoms with van der Waals surface area (Å²) in [6, 6.07) is -1.39. The minimum atomic E-state index is -4.74. The average Bonchev–Trinajstić information content (AvgIpc) is 3.31. The zero-order valence-corrected chi connectivity index (χ0v) is 24.1. The first-order chi connectivity index (χ1) is 19.5. The van der Waals surface area contributed by atoms with Gasteiger partial charge in [-0.3, -0.25) is 14.2 Å². The summed E-state index contributed by atoms with van der Waals surface area (Å²) in [4.78, 5) is 26.8. The first-order valence-corrected chi connectivity index (χ1v) is 14.7. The highest BCUT2D eigenvalue weighted by Gasteiger charge is 2.40. The van der Waals surface area contributed by atoms with Crippen LogP contribution in [0.3, 0.4) is 0 Å². The third-order valence-electron chi connectivity index (χ3n) is 6.15. The Hall–Kier alpha value is -3.01. The van der Waals surface area contributed by atoms with Crippen LogP contribution < -0.4 is 10.2 Å². The molecule has 3 rings (SSSR count). The molecule has 2 N–H and O–H groups in total. The SMILES string of the molecule is COCP(=O)(N[C@@H](CC(=O)N1CCn2c(nnc2C(F)(F)F)C1)Cc1cc(F)c(F)cc1F)N[C@@H](C)C(=O)OC(C)C. The summed E-state index contributed by atoms with van der Waals surface area (Å²) in [5, 5.41) is 12.0. The molecule has 1 aromatic heterocycles. The maximum absolute atomic E-state index is 14.6. The minimum absolute atomic E-state index is 0.109. The molecular formula is C24H31F6N6O5P. The number of carbonyl (C=O) groups excluding carboxylic acids is 2. The Balaban J connectivity index is 1.85. The second kappa shape index (κ2) is 13.5. The number of hydrogen-bond donors (Lipinski definition) is 2. The van der Waals surface area contributed by atoms with Gasteiger partial charge in [-0.2, -0.15) is 13.2 Å². The standard InChI is InChI=1S/C24H31F6N6O5P/c1-13(2)41-22(38)14(3)33-42(39,12-40-4)34-16(7-15-8-18(26)19(27)10-17(15)25)9-21(37)35-5-6-36-20(11-35)31-32-23(36)24(28,29)30/h8,10,13-14,16H,5-7,9,11-12H2,1-4H3,(H2,33,34,39)/t14-,16+,42?/m0/s1. The van der Waals surface area contributed by atoms with Crippen molar-refractivity contribution in [3.05, 3.63) is 46.8 Å². The molecule has 0 saturated carbocycles. The van der Waals surface area contributed by atoms with Gasteiger partial charge >= 0.3 is 12.1 Å². The van der Waals surface area contributed by atoms with Crippen molar-refractivity contribution >= 4 is 19.3 Å². The molecule has 0 spiro atoms. The van der Waals surface area contributed by atoms with Gasteiger partial charge in [-0.15, -0.1) is 10.2 Å². The monoisotopic (exact) mass is 628 g/mol. The first kappa shape index (κ1) is 33.5. The lowest BCUT2D eigenvalue weighted by Gasteiger charge is -2.32. The molecule has 0 fully saturated rings. The maximum Gasteiger partial charge on any atom is 0.451 e. The Morgan fingerprint density at radius 2 is 1.71 bits per heavy atom. The lowest BCUT2D eigenvalue weighted by Crippen LogP contribution is -2.45. The van der Waals surface area contributed by atoms with Crippen LogP contribution in [0.5, 0.6) is 0 Å². The summed E-state index contributed by atoms with van der Waals surface area (Å²) in [6.07, 6.45) is -6.67. The lowest BCUT2D eigenvalue weighted by atomic mass is 10.0. The molecule has 1 unspecified atom stereocenters. The van der Waals surface area contributed by atoms with Gasteiger partial charge in [0.15, 0.2) is 17.5 Å². The number of halogens is 6. The number of alkyl halides is 3. The number of nitrogens with zero attached hydrogens (tertiary/aromatic N) is 4. The van der Waals surface area contributed by atoms with E-state index in [0.717, 1.165) is 4.57 Å². The predicted molar refractivity (Wildman–Crippen MR) is 135 cm³/mol. The fourth-order valence-corrected chi connectivity index (χ4v) is 6.45. The molecule has 1 amide bonds. The van der Waals surface area contributed by atoms with E-state index in [2.05, 4.69) is 20.4 Å². The van der Waals surface area contributed by atoms with Crippen molar-refractivity contribution in [3.8, 4) is 0 Å². The zero-order chi connectivity index (χ0) is 31.4. The van der Waals surface area contributed by atoms with E-state index in [4.69, 9.17) is 9.47 Å². The topological polar surface area (TPSA) is 128 Å². The van der Waals surface area contributed by atoms with Crippen molar-refractivity contribution in [1.29, 1.82) is 0 Å². The number of hydrogen-bond acceptors (Lipinski definition) is 7. The molecule has 42 heavy (non-hydrogen) atoms. The Morgan fingerprint density at radius 1 is 1.05 bits per heavy atom. The van der Waals surface area contributed by atoms with E-state index in [1.165, 1.54) is 18.9 Å². The number of rotatable bonds is 12. The average molecular weight is 629 g/mol. The number of aromatic nitrogens is 3. The first-order valence-electron chi connectivity index (χ1n) is 12.8. The zero-order valence-electron chi connectivity index (χ0n) is 23.2. The number of methoxy groups -OCH3 is 1. The summed E-state index contributed by atoms with van der Waals surface area (Å²) in [6.45, 7) is 3.89. The van der Waals surface area contributed by atoms with E-state index in [9.17, 15) is 40.5 Å². The molecule has 3 atom stereocenters. The van der Waals surface area contributed by atoms with Crippen LogP contribution in [-0.4, -0.2) is 69.7 Å². The van der Waals surface area contributed by atoms with Crippen molar-refractivity contribution in [2.24, 2.45) is 0 Å². The van der Waals surface area contributed by atoms with Crippen molar-refractivity contribution in [2.45, 2.75) is 71.1 Å². The molecule has 234 valence electrons. The molecule has 1 aromatic carbocycles. The molecule has 0 radical (unpaired) electrons. The van der Waals surface area contributed by atoms with E-state index in [1.54, 1.807) is 13.8 Å². The number of esters is 1. The second-order valence-corrected chi connectivity index (χ2v) is 12.2. The normalized spacial score (nSPS) is 16.6. The highest BCUT2D eigenvalue weighted by atomic mass is 31.2. The number of ether oxygens (including phenoxy) is 2. The predicted octanol–water partition coefficient (Wildman–Crippen LogP) is 3.37. The fraction of sp³-hybridized carbons (Fsp3) is 0.583. The van der Waals surface area contributed by atoms with E-state index < -0.39 is 86.1 Å². The summed E-state index contributed by atoms with van der Waals surface area (Å²) >= 11 is 0. The van der Waals surface area contributed by atoms with Crippen LogP contribution in [0, 0.1) is 17.5 Å². The molecule has 2 heterocycles. The number of fused-ring (bicyclic) bond motifs is 1. The fourth-order valence-electron chi connectivity index (χ4n) is 4.36. The molecule has 0 saturated heterocycles. The van der Waals surface area contributed by atoms with Gasteiger partial charge in [0.1, 0.15) is 18.2 Å². The van der Waals surface area contributed by atoms with Gasteiger partial charge in [-0.25, -0.2) is 23.3 Å². The molecule has 11 nitrogen and oxygen atoms in total. The van der Waals surface area contributed by atoms with Crippen molar-refractivity contribution in [3.63, 3.8) is 0 Å². The quantitative estimate of drug-likeness (QED) is 0.157. The van der Waals surface area contributed by atoms with Crippen LogP contribution in [0.1, 0.15) is 44.4 Å². The molecule has 0 bridgehead atoms. The Kier molecular flexibility index (Phi) is 10.8. The van der Waals surface area contributed by atoms with E-state index >= 15 is 0 Å². The number of carbonyl (C=O) groups is 2. The lowest BCUT2D eigenvalue weighted by molar-refractivity contribution is -0.149. The van der Waals surface area contributed by atoms with Gasteiger partial charge in [-0.05, 0) is 38.8 Å². The smallest absolute Gasteiger partial charge is 0.451 e. The van der Waals surface area contributed by atoms with Crippen LogP contribution >= 0.6 is 7.44 Å². The molecule has 1 aliphatic heterocycles. The van der Waals surface area contributed by atoms with Gasteiger partial charge < -0.3 is 18.9 Å². The minimum Gasteiger partial charge on any atom is -0.462 e. The van der Waals surface area contributed by atoms with E-state index in [-0.39, 0.29) is 31.0 Å². The Bertz CT molecular complexity index is 1340. The van der Waals surface area contributed by atoms with Crippen molar-refractivity contribution in [1.82, 2.24) is 29.8 Å². The van der Waals surface area contributed by atoms with Crippen molar-refractivity contribution < 1.29 is 50.0 Å². The molecule has 2 aromatic rings. The van der Waals surface area contributed by atoms with Gasteiger partial charge in [0.25, 0.3) is 0 Å². The van der Waals surface area contributed by atoms with E-state index in [0.29, 0.717) is 12.1 Å². The molecule has 0 aliphatic carbocycles. The van der Waals surface area contributed by atoms with Crippen LogP contribution in [0.4, 0.5) is 26.3 Å². The summed E-state index contributed by atoms with van der Waals surface area (Å²) < 4.78 is 106. The van der Waals surface area contributed by atoms with Crippen LogP contribution in [0.25, 0.3) is 0 Å². The van der Waals surface area contributed by atoms with Crippen molar-refractivity contribution in [2.75, 3.05) is 20.0 Å². The van der Waals surface area contributed by atoms with Gasteiger partial charge in [0, 0.05) is 38.7 Å². The molecule has 18 heteroatoms. The maximum atomic E-state index is 14.6. The highest BCUT2D eigenvalue weighted by Crippen LogP contribution is 2.38. The Labute approximate surface area is 237 Å². The number of nitrogens with one attached hydrogen (secondary N) is 2. The summed E-state index contributed by atoms with van der Waals surface area (Å²) in [7, 11) is -2.68. The summed E-state index contributed by atoms with van der Waals surface area (Å²) in [5.41, 5.74) is -0.344. The van der Waals surface area contributed by atoms with Gasteiger partial charge in [0.05, 0.1) is 12.6 Å².